The van der Waals surface area contributed by atoms with Crippen molar-refractivity contribution < 1.29 is 0 Å². The summed E-state index contributed by atoms with van der Waals surface area (Å²) in [5.41, 5.74) is 2.78. The fourth-order valence-electron chi connectivity index (χ4n) is 2.52. The normalized spacial score (nSPS) is 16.8. The Kier molecular flexibility index (Phi) is 2.69. The van der Waals surface area contributed by atoms with E-state index in [0.717, 1.165) is 23.3 Å². The van der Waals surface area contributed by atoms with E-state index >= 15 is 0 Å². The number of fused-ring (bicyclic) bond motifs is 1. The third-order valence-corrected chi connectivity index (χ3v) is 4.21. The lowest BCUT2D eigenvalue weighted by molar-refractivity contribution is 0.521. The first-order valence-corrected chi connectivity index (χ1v) is 6.68. The topological polar surface area (TPSA) is 37.8 Å². The van der Waals surface area contributed by atoms with Crippen molar-refractivity contribution in [3.05, 3.63) is 30.1 Å². The van der Waals surface area contributed by atoms with Crippen LogP contribution >= 0.6 is 0 Å². The van der Waals surface area contributed by atoms with Crippen LogP contribution in [0.3, 0.4) is 0 Å². The molecule has 1 aliphatic rings. The van der Waals surface area contributed by atoms with E-state index in [1.165, 1.54) is 24.8 Å². The zero-order valence-electron chi connectivity index (χ0n) is 11.0. The minimum Gasteiger partial charge on any atom is -0.369 e. The van der Waals surface area contributed by atoms with Gasteiger partial charge >= 0.3 is 0 Å². The van der Waals surface area contributed by atoms with Crippen LogP contribution in [0.4, 0.5) is 5.82 Å². The molecular formula is C15H19N3. The first-order valence-electron chi connectivity index (χ1n) is 6.68. The molecule has 1 heterocycles. The summed E-state index contributed by atoms with van der Waals surface area (Å²) in [7, 11) is 0. The van der Waals surface area contributed by atoms with Gasteiger partial charge in [-0.05, 0) is 43.2 Å². The Bertz CT molecular complexity index is 568. The zero-order chi connectivity index (χ0) is 12.6. The van der Waals surface area contributed by atoms with Crippen LogP contribution in [-0.4, -0.2) is 16.5 Å². The third-order valence-electron chi connectivity index (χ3n) is 4.21. The quantitative estimate of drug-likeness (QED) is 0.889. The molecule has 1 N–H and O–H groups in total. The number of rotatable bonds is 4. The van der Waals surface area contributed by atoms with Gasteiger partial charge in [-0.15, -0.1) is 0 Å². The number of anilines is 1. The van der Waals surface area contributed by atoms with Crippen molar-refractivity contribution in [2.75, 3.05) is 11.9 Å². The molecule has 1 aromatic carbocycles. The van der Waals surface area contributed by atoms with Gasteiger partial charge in [0.1, 0.15) is 12.1 Å². The van der Waals surface area contributed by atoms with Gasteiger partial charge in [0.05, 0.1) is 5.52 Å². The van der Waals surface area contributed by atoms with Gasteiger partial charge < -0.3 is 5.32 Å². The highest BCUT2D eigenvalue weighted by Gasteiger charge is 2.40. The standard InChI is InChI=1S/C15H19N3/c1-3-15(7-8-15)9-16-14-13-11(2)5-4-6-12(13)17-10-18-14/h4-6,10H,3,7-9H2,1-2H3,(H,16,17,18). The summed E-state index contributed by atoms with van der Waals surface area (Å²) in [5, 5.41) is 4.69. The fourth-order valence-corrected chi connectivity index (χ4v) is 2.52. The minimum absolute atomic E-state index is 0.528. The van der Waals surface area contributed by atoms with E-state index in [9.17, 15) is 0 Å². The van der Waals surface area contributed by atoms with Crippen molar-refractivity contribution in [1.82, 2.24) is 9.97 Å². The van der Waals surface area contributed by atoms with E-state index in [1.54, 1.807) is 6.33 Å². The molecule has 1 aromatic heterocycles. The van der Waals surface area contributed by atoms with E-state index in [1.807, 2.05) is 12.1 Å². The maximum Gasteiger partial charge on any atom is 0.137 e. The van der Waals surface area contributed by atoms with E-state index in [0.29, 0.717) is 5.41 Å². The fraction of sp³-hybridized carbons (Fsp3) is 0.467. The molecule has 1 fully saturated rings. The second kappa shape index (κ2) is 4.23. The molecule has 18 heavy (non-hydrogen) atoms. The van der Waals surface area contributed by atoms with Crippen molar-refractivity contribution >= 4 is 16.7 Å². The van der Waals surface area contributed by atoms with Gasteiger partial charge in [-0.2, -0.15) is 0 Å². The predicted molar refractivity (Wildman–Crippen MR) is 74.7 cm³/mol. The number of hydrogen-bond acceptors (Lipinski definition) is 3. The summed E-state index contributed by atoms with van der Waals surface area (Å²) in [6.45, 7) is 5.42. The van der Waals surface area contributed by atoms with Gasteiger partial charge in [0.15, 0.2) is 0 Å². The Labute approximate surface area is 108 Å². The Morgan fingerprint density at radius 2 is 2.11 bits per heavy atom. The molecule has 94 valence electrons. The molecule has 0 saturated heterocycles. The van der Waals surface area contributed by atoms with Crippen molar-refractivity contribution in [3.8, 4) is 0 Å². The second-order valence-corrected chi connectivity index (χ2v) is 5.40. The highest BCUT2D eigenvalue weighted by atomic mass is 15.0. The zero-order valence-corrected chi connectivity index (χ0v) is 11.0. The molecular weight excluding hydrogens is 222 g/mol. The summed E-state index contributed by atoms with van der Waals surface area (Å²) >= 11 is 0. The first-order chi connectivity index (χ1) is 8.74. The van der Waals surface area contributed by atoms with Crippen LogP contribution in [-0.2, 0) is 0 Å². The lowest BCUT2D eigenvalue weighted by atomic mass is 10.0. The van der Waals surface area contributed by atoms with Crippen LogP contribution in [0.5, 0.6) is 0 Å². The molecule has 0 spiro atoms. The number of aromatic nitrogens is 2. The SMILES string of the molecule is CCC1(CNc2ncnc3cccc(C)c23)CC1. The van der Waals surface area contributed by atoms with Crippen LogP contribution in [0.2, 0.25) is 0 Å². The lowest BCUT2D eigenvalue weighted by Crippen LogP contribution is -2.15. The number of aryl methyl sites for hydroxylation is 1. The average Bonchev–Trinajstić information content (AvgIpc) is 3.17. The van der Waals surface area contributed by atoms with Gasteiger partial charge in [0.25, 0.3) is 0 Å². The Hall–Kier alpha value is -1.64. The molecule has 1 aliphatic carbocycles. The number of benzene rings is 1. The molecule has 0 radical (unpaired) electrons. The van der Waals surface area contributed by atoms with Crippen LogP contribution in [0.25, 0.3) is 10.9 Å². The Morgan fingerprint density at radius 1 is 1.28 bits per heavy atom. The lowest BCUT2D eigenvalue weighted by Gasteiger charge is -2.15. The largest absolute Gasteiger partial charge is 0.369 e. The van der Waals surface area contributed by atoms with Gasteiger partial charge in [0, 0.05) is 11.9 Å². The molecule has 2 aromatic rings. The Balaban J connectivity index is 1.92. The molecule has 0 bridgehead atoms. The van der Waals surface area contributed by atoms with E-state index < -0.39 is 0 Å². The Morgan fingerprint density at radius 3 is 2.83 bits per heavy atom. The van der Waals surface area contributed by atoms with Crippen LogP contribution < -0.4 is 5.32 Å². The molecule has 3 rings (SSSR count). The van der Waals surface area contributed by atoms with E-state index in [-0.39, 0.29) is 0 Å². The number of nitrogens with one attached hydrogen (secondary N) is 1. The average molecular weight is 241 g/mol. The maximum atomic E-state index is 4.41. The minimum atomic E-state index is 0.528. The molecule has 3 nitrogen and oxygen atoms in total. The van der Waals surface area contributed by atoms with Crippen LogP contribution in [0, 0.1) is 12.3 Å². The van der Waals surface area contributed by atoms with Gasteiger partial charge in [-0.3, -0.25) is 0 Å². The van der Waals surface area contributed by atoms with E-state index in [2.05, 4.69) is 35.2 Å². The number of nitrogens with zero attached hydrogens (tertiary/aromatic N) is 2. The van der Waals surface area contributed by atoms with Crippen LogP contribution in [0.15, 0.2) is 24.5 Å². The first kappa shape index (κ1) is 11.5. The van der Waals surface area contributed by atoms with Crippen molar-refractivity contribution in [2.24, 2.45) is 5.41 Å². The summed E-state index contributed by atoms with van der Waals surface area (Å²) in [6, 6.07) is 6.20. The monoisotopic (exact) mass is 241 g/mol. The molecule has 0 unspecified atom stereocenters. The van der Waals surface area contributed by atoms with Gasteiger partial charge in [0.2, 0.25) is 0 Å². The van der Waals surface area contributed by atoms with Crippen molar-refractivity contribution in [2.45, 2.75) is 33.1 Å². The molecule has 0 aliphatic heterocycles. The summed E-state index contributed by atoms with van der Waals surface area (Å²) < 4.78 is 0. The van der Waals surface area contributed by atoms with E-state index in [4.69, 9.17) is 0 Å². The van der Waals surface area contributed by atoms with Gasteiger partial charge in [-0.1, -0.05) is 19.1 Å². The highest BCUT2D eigenvalue weighted by Crippen LogP contribution is 2.48. The molecule has 0 atom stereocenters. The summed E-state index contributed by atoms with van der Waals surface area (Å²) in [6.07, 6.45) is 5.59. The molecule has 0 amide bonds. The smallest absolute Gasteiger partial charge is 0.137 e. The van der Waals surface area contributed by atoms with Crippen LogP contribution in [0.1, 0.15) is 31.7 Å². The van der Waals surface area contributed by atoms with Crippen molar-refractivity contribution in [1.29, 1.82) is 0 Å². The molecule has 3 heteroatoms. The molecule has 1 saturated carbocycles. The maximum absolute atomic E-state index is 4.41. The van der Waals surface area contributed by atoms with Gasteiger partial charge in [-0.25, -0.2) is 9.97 Å². The second-order valence-electron chi connectivity index (χ2n) is 5.40. The number of hydrogen-bond donors (Lipinski definition) is 1. The highest BCUT2D eigenvalue weighted by molar-refractivity contribution is 5.91. The third kappa shape index (κ3) is 1.94. The summed E-state index contributed by atoms with van der Waals surface area (Å²) in [5.74, 6) is 0.984. The predicted octanol–water partition coefficient (Wildman–Crippen LogP) is 3.54. The summed E-state index contributed by atoms with van der Waals surface area (Å²) in [4.78, 5) is 8.74. The van der Waals surface area contributed by atoms with Crippen molar-refractivity contribution in [3.63, 3.8) is 0 Å².